The maximum atomic E-state index is 11.9. The lowest BCUT2D eigenvalue weighted by Gasteiger charge is -2.09. The molecule has 0 amide bonds. The number of para-hydroxylation sites is 1. The monoisotopic (exact) mass is 351 g/mol. The number of H-pyrrole nitrogens is 1. The van der Waals surface area contributed by atoms with Gasteiger partial charge in [0, 0.05) is 5.56 Å². The molecule has 0 fully saturated rings. The summed E-state index contributed by atoms with van der Waals surface area (Å²) in [7, 11) is 2.46. The van der Waals surface area contributed by atoms with Crippen LogP contribution in [0, 0.1) is 0 Å². The van der Waals surface area contributed by atoms with Gasteiger partial charge in [0.15, 0.2) is 0 Å². The largest absolute Gasteiger partial charge is 0.466 e. The highest BCUT2D eigenvalue weighted by Crippen LogP contribution is 2.26. The fourth-order valence-corrected chi connectivity index (χ4v) is 2.44. The molecule has 3 rings (SSSR count). The van der Waals surface area contributed by atoms with Crippen LogP contribution >= 0.6 is 0 Å². The summed E-state index contributed by atoms with van der Waals surface area (Å²) in [6, 6.07) is 15.1. The number of aromatic amines is 1. The number of nitrogens with one attached hydrogen (secondary N) is 2. The van der Waals surface area contributed by atoms with Gasteiger partial charge in [-0.3, -0.25) is 0 Å². The topological polar surface area (TPSA) is 93.3 Å². The Bertz CT molecular complexity index is 977. The van der Waals surface area contributed by atoms with Gasteiger partial charge in [-0.2, -0.15) is 0 Å². The van der Waals surface area contributed by atoms with Gasteiger partial charge in [-0.15, -0.1) is 0 Å². The molecule has 0 saturated heterocycles. The van der Waals surface area contributed by atoms with Crippen molar-refractivity contribution in [3.8, 4) is 11.4 Å². The van der Waals surface area contributed by atoms with Gasteiger partial charge in [-0.25, -0.2) is 14.6 Å². The van der Waals surface area contributed by atoms with E-state index in [-0.39, 0.29) is 5.70 Å². The highest BCUT2D eigenvalue weighted by atomic mass is 16.5. The lowest BCUT2D eigenvalue weighted by molar-refractivity contribution is -0.138. The Labute approximate surface area is 149 Å². The third kappa shape index (κ3) is 3.56. The lowest BCUT2D eigenvalue weighted by Crippen LogP contribution is -2.15. The first-order valence-electron chi connectivity index (χ1n) is 7.81. The van der Waals surface area contributed by atoms with Crippen LogP contribution in [0.15, 0.2) is 60.3 Å². The van der Waals surface area contributed by atoms with Crippen LogP contribution < -0.4 is 5.32 Å². The van der Waals surface area contributed by atoms with Gasteiger partial charge < -0.3 is 19.8 Å². The van der Waals surface area contributed by atoms with Gasteiger partial charge in [0.05, 0.1) is 31.5 Å². The van der Waals surface area contributed by atoms with Crippen molar-refractivity contribution in [2.75, 3.05) is 19.5 Å². The van der Waals surface area contributed by atoms with E-state index in [1.54, 1.807) is 6.07 Å². The number of carbonyl (C=O) groups is 2. The van der Waals surface area contributed by atoms with E-state index in [4.69, 9.17) is 4.74 Å². The van der Waals surface area contributed by atoms with Crippen LogP contribution in [0.5, 0.6) is 0 Å². The molecule has 2 N–H and O–H groups in total. The van der Waals surface area contributed by atoms with Crippen molar-refractivity contribution in [2.45, 2.75) is 0 Å². The number of carbonyl (C=O) groups excluding carboxylic acids is 2. The van der Waals surface area contributed by atoms with Crippen molar-refractivity contribution in [2.24, 2.45) is 0 Å². The number of ether oxygens (including phenoxy) is 2. The Balaban J connectivity index is 2.02. The zero-order chi connectivity index (χ0) is 18.5. The maximum Gasteiger partial charge on any atom is 0.354 e. The second kappa shape index (κ2) is 7.52. The zero-order valence-electron chi connectivity index (χ0n) is 14.3. The molecule has 0 spiro atoms. The molecule has 0 aliphatic rings. The number of aromatic nitrogens is 2. The Morgan fingerprint density at radius 3 is 2.50 bits per heavy atom. The van der Waals surface area contributed by atoms with E-state index in [0.29, 0.717) is 17.0 Å². The average Bonchev–Trinajstić information content (AvgIpc) is 3.12. The number of esters is 2. The Morgan fingerprint density at radius 1 is 1.04 bits per heavy atom. The highest BCUT2D eigenvalue weighted by molar-refractivity contribution is 6.01. The van der Waals surface area contributed by atoms with Crippen LogP contribution in [0.2, 0.25) is 0 Å². The van der Waals surface area contributed by atoms with Crippen molar-refractivity contribution in [1.29, 1.82) is 0 Å². The number of methoxy groups -OCH3 is 2. The standard InChI is InChI=1S/C19H17N3O4/c1-25-16(23)11-15(19(24)26-2)20-13-9-6-10-14-17(13)22-18(21-14)12-7-4-3-5-8-12/h3-11,20H,1-2H3,(H,21,22)/b15-11+. The fraction of sp³-hybridized carbons (Fsp3) is 0.105. The number of anilines is 1. The van der Waals surface area contributed by atoms with Gasteiger partial charge in [0.2, 0.25) is 0 Å². The number of rotatable bonds is 5. The number of hydrogen-bond acceptors (Lipinski definition) is 6. The zero-order valence-corrected chi connectivity index (χ0v) is 14.3. The summed E-state index contributed by atoms with van der Waals surface area (Å²) in [5.41, 5.74) is 2.87. The Hall–Kier alpha value is -3.61. The third-order valence-electron chi connectivity index (χ3n) is 3.70. The molecule has 3 aromatic rings. The Kier molecular flexibility index (Phi) is 4.98. The molecule has 1 aromatic heterocycles. The van der Waals surface area contributed by atoms with Crippen LogP contribution in [0.4, 0.5) is 5.69 Å². The number of benzene rings is 2. The van der Waals surface area contributed by atoms with E-state index >= 15 is 0 Å². The average molecular weight is 351 g/mol. The first-order chi connectivity index (χ1) is 12.6. The van der Waals surface area contributed by atoms with Crippen molar-refractivity contribution in [3.05, 3.63) is 60.3 Å². The minimum Gasteiger partial charge on any atom is -0.466 e. The summed E-state index contributed by atoms with van der Waals surface area (Å²) >= 11 is 0. The van der Waals surface area contributed by atoms with Gasteiger partial charge in [-0.1, -0.05) is 36.4 Å². The van der Waals surface area contributed by atoms with E-state index in [2.05, 4.69) is 20.0 Å². The Morgan fingerprint density at radius 2 is 1.81 bits per heavy atom. The first-order valence-corrected chi connectivity index (χ1v) is 7.81. The molecule has 0 atom stereocenters. The summed E-state index contributed by atoms with van der Waals surface area (Å²) < 4.78 is 9.29. The van der Waals surface area contributed by atoms with Gasteiger partial charge in [-0.05, 0) is 12.1 Å². The first kappa shape index (κ1) is 17.2. The van der Waals surface area contributed by atoms with E-state index in [0.717, 1.165) is 17.2 Å². The van der Waals surface area contributed by atoms with Crippen LogP contribution in [0.25, 0.3) is 22.4 Å². The fourth-order valence-electron chi connectivity index (χ4n) is 2.44. The third-order valence-corrected chi connectivity index (χ3v) is 3.70. The molecule has 7 nitrogen and oxygen atoms in total. The van der Waals surface area contributed by atoms with E-state index in [1.165, 1.54) is 14.2 Å². The normalized spacial score (nSPS) is 11.2. The molecule has 2 aromatic carbocycles. The molecule has 0 radical (unpaired) electrons. The minimum atomic E-state index is -0.689. The van der Waals surface area contributed by atoms with Gasteiger partial charge in [0.25, 0.3) is 0 Å². The molecule has 1 heterocycles. The van der Waals surface area contributed by atoms with Crippen LogP contribution in [0.1, 0.15) is 0 Å². The smallest absolute Gasteiger partial charge is 0.354 e. The summed E-state index contributed by atoms with van der Waals surface area (Å²) in [5.74, 6) is -0.658. The second-order valence-electron chi connectivity index (χ2n) is 5.35. The van der Waals surface area contributed by atoms with E-state index in [9.17, 15) is 9.59 Å². The predicted octanol–water partition coefficient (Wildman–Crippen LogP) is 2.87. The maximum absolute atomic E-state index is 11.9. The van der Waals surface area contributed by atoms with Crippen molar-refractivity contribution < 1.29 is 19.1 Å². The molecule has 132 valence electrons. The summed E-state index contributed by atoms with van der Waals surface area (Å²) in [4.78, 5) is 31.3. The highest BCUT2D eigenvalue weighted by Gasteiger charge is 2.15. The number of fused-ring (bicyclic) bond motifs is 1. The lowest BCUT2D eigenvalue weighted by atomic mass is 10.2. The SMILES string of the molecule is COC(=O)/C=C(/Nc1cccc2[nH]c(-c3ccccc3)nc12)C(=O)OC. The number of nitrogens with zero attached hydrogens (tertiary/aromatic N) is 1. The molecule has 0 unspecified atom stereocenters. The van der Waals surface area contributed by atoms with Crippen molar-refractivity contribution in [1.82, 2.24) is 9.97 Å². The predicted molar refractivity (Wildman–Crippen MR) is 97.3 cm³/mol. The van der Waals surface area contributed by atoms with Crippen LogP contribution in [-0.4, -0.2) is 36.1 Å². The summed E-state index contributed by atoms with van der Waals surface area (Å²) in [5, 5.41) is 2.91. The molecule has 0 aliphatic carbocycles. The molecular formula is C19H17N3O4. The van der Waals surface area contributed by atoms with E-state index in [1.807, 2.05) is 42.5 Å². The molecule has 0 saturated carbocycles. The molecule has 26 heavy (non-hydrogen) atoms. The molecular weight excluding hydrogens is 334 g/mol. The quantitative estimate of drug-likeness (QED) is 0.542. The molecule has 0 bridgehead atoms. The number of imidazole rings is 1. The van der Waals surface area contributed by atoms with Crippen LogP contribution in [-0.2, 0) is 19.1 Å². The number of hydrogen-bond donors (Lipinski definition) is 2. The minimum absolute atomic E-state index is 0.0453. The van der Waals surface area contributed by atoms with E-state index < -0.39 is 11.9 Å². The van der Waals surface area contributed by atoms with Gasteiger partial charge in [0.1, 0.15) is 17.0 Å². The van der Waals surface area contributed by atoms with Crippen molar-refractivity contribution >= 4 is 28.7 Å². The van der Waals surface area contributed by atoms with Gasteiger partial charge >= 0.3 is 11.9 Å². The van der Waals surface area contributed by atoms with Crippen molar-refractivity contribution in [3.63, 3.8) is 0 Å². The molecule has 7 heteroatoms. The van der Waals surface area contributed by atoms with Crippen LogP contribution in [0.3, 0.4) is 0 Å². The molecule has 0 aliphatic heterocycles. The second-order valence-corrected chi connectivity index (χ2v) is 5.35. The summed E-state index contributed by atoms with van der Waals surface area (Å²) in [6.07, 6.45) is 1.04. The summed E-state index contributed by atoms with van der Waals surface area (Å²) in [6.45, 7) is 0.